The highest BCUT2D eigenvalue weighted by Crippen LogP contribution is 2.14. The molecule has 0 saturated carbocycles. The highest BCUT2D eigenvalue weighted by Gasteiger charge is 2.21. The van der Waals surface area contributed by atoms with Gasteiger partial charge < -0.3 is 19.6 Å². The molecule has 12 nitrogen and oxygen atoms in total. The van der Waals surface area contributed by atoms with Crippen molar-refractivity contribution in [1.82, 2.24) is 39.7 Å². The van der Waals surface area contributed by atoms with Crippen LogP contribution in [0.1, 0.15) is 25.5 Å². The second kappa shape index (κ2) is 12.6. The lowest BCUT2D eigenvalue weighted by Gasteiger charge is -2.38. The third kappa shape index (κ3) is 7.59. The first kappa shape index (κ1) is 27.4. The molecule has 3 rings (SSSR count). The summed E-state index contributed by atoms with van der Waals surface area (Å²) < 4.78 is 0. The van der Waals surface area contributed by atoms with Crippen LogP contribution in [0.2, 0.25) is 0 Å². The van der Waals surface area contributed by atoms with Crippen molar-refractivity contribution in [2.45, 2.75) is 27.7 Å². The summed E-state index contributed by atoms with van der Waals surface area (Å²) >= 11 is 0. The van der Waals surface area contributed by atoms with E-state index in [2.05, 4.69) is 49.5 Å². The third-order valence-corrected chi connectivity index (χ3v) is 5.22. The first-order chi connectivity index (χ1) is 16.1. The fraction of sp³-hybridized carbons (Fsp3) is 0.727. The Morgan fingerprint density at radius 1 is 0.529 bits per heavy atom. The molecule has 1 aliphatic rings. The van der Waals surface area contributed by atoms with Gasteiger partial charge in [-0.15, -0.1) is 0 Å². The molecule has 190 valence electrons. The number of nitrogens with zero attached hydrogens (tertiary/aromatic N) is 12. The maximum absolute atomic E-state index is 4.58. The van der Waals surface area contributed by atoms with Gasteiger partial charge in [-0.1, -0.05) is 13.8 Å². The van der Waals surface area contributed by atoms with Crippen LogP contribution in [0.25, 0.3) is 0 Å². The molecule has 0 aliphatic carbocycles. The molecule has 0 amide bonds. The molecule has 1 fully saturated rings. The van der Waals surface area contributed by atoms with E-state index in [1.165, 1.54) is 0 Å². The van der Waals surface area contributed by atoms with E-state index in [9.17, 15) is 0 Å². The van der Waals surface area contributed by atoms with E-state index in [-0.39, 0.29) is 0 Å². The fourth-order valence-electron chi connectivity index (χ4n) is 3.45. The Labute approximate surface area is 204 Å². The predicted octanol–water partition coefficient (Wildman–Crippen LogP) is 0.937. The van der Waals surface area contributed by atoms with Crippen LogP contribution in [-0.4, -0.2) is 122 Å². The van der Waals surface area contributed by atoms with Gasteiger partial charge in [-0.3, -0.25) is 9.80 Å². The number of piperazine rings is 1. The first-order valence-corrected chi connectivity index (χ1v) is 11.8. The van der Waals surface area contributed by atoms with Crippen LogP contribution < -0.4 is 19.6 Å². The monoisotopic (exact) mass is 474 g/mol. The van der Waals surface area contributed by atoms with Crippen molar-refractivity contribution in [2.75, 3.05) is 101 Å². The van der Waals surface area contributed by atoms with Gasteiger partial charge in [-0.25, -0.2) is 0 Å². The molecule has 0 unspecified atom stereocenters. The SMILES string of the molecule is CC.Cc1nc(N(C)C)nc(N(C)CN2CCN(CN(C)c3nc(C)nc(N(C)C)n3)CC2)n1. The maximum Gasteiger partial charge on any atom is 0.231 e. The quantitative estimate of drug-likeness (QED) is 0.544. The Hall–Kier alpha value is -2.86. The molecule has 34 heavy (non-hydrogen) atoms. The van der Waals surface area contributed by atoms with Crippen LogP contribution in [-0.2, 0) is 0 Å². The normalized spacial score (nSPS) is 14.3. The standard InChI is InChI=1S/C20H36N12.C2H6/c1-15-21-17(27(3)4)25-19(23-15)29(7)13-31-9-11-32(12-10-31)14-30(8)20-24-16(2)22-18(26-20)28(5)6;1-2/h9-14H2,1-8H3;1-2H3. The van der Waals surface area contributed by atoms with Crippen LogP contribution in [0, 0.1) is 13.8 Å². The number of rotatable bonds is 8. The lowest BCUT2D eigenvalue weighted by atomic mass is 10.3. The van der Waals surface area contributed by atoms with E-state index in [0.29, 0.717) is 23.8 Å². The van der Waals surface area contributed by atoms with Gasteiger partial charge in [0.2, 0.25) is 23.8 Å². The summed E-state index contributed by atoms with van der Waals surface area (Å²) in [5.41, 5.74) is 0. The summed E-state index contributed by atoms with van der Waals surface area (Å²) in [7, 11) is 11.8. The average Bonchev–Trinajstić information content (AvgIpc) is 2.80. The van der Waals surface area contributed by atoms with Crippen LogP contribution in [0.3, 0.4) is 0 Å². The molecule has 3 heterocycles. The molecule has 2 aromatic rings. The minimum absolute atomic E-state index is 0.679. The zero-order chi connectivity index (χ0) is 25.4. The molecular weight excluding hydrogens is 432 g/mol. The summed E-state index contributed by atoms with van der Waals surface area (Å²) in [5.74, 6) is 4.21. The fourth-order valence-corrected chi connectivity index (χ4v) is 3.45. The van der Waals surface area contributed by atoms with Crippen LogP contribution >= 0.6 is 0 Å². The molecule has 12 heteroatoms. The highest BCUT2D eigenvalue weighted by molar-refractivity contribution is 5.38. The molecule has 0 atom stereocenters. The van der Waals surface area contributed by atoms with E-state index in [4.69, 9.17) is 0 Å². The highest BCUT2D eigenvalue weighted by atomic mass is 15.4. The van der Waals surface area contributed by atoms with Crippen molar-refractivity contribution < 1.29 is 0 Å². The van der Waals surface area contributed by atoms with Gasteiger partial charge in [-0.05, 0) is 13.8 Å². The minimum atomic E-state index is 0.679. The van der Waals surface area contributed by atoms with Crippen molar-refractivity contribution in [3.05, 3.63) is 11.6 Å². The van der Waals surface area contributed by atoms with Gasteiger partial charge in [0.15, 0.2) is 0 Å². The average molecular weight is 475 g/mol. The summed E-state index contributed by atoms with van der Waals surface area (Å²) in [4.78, 5) is 39.7. The summed E-state index contributed by atoms with van der Waals surface area (Å²) in [6.45, 7) is 13.2. The first-order valence-electron chi connectivity index (χ1n) is 11.8. The molecule has 0 N–H and O–H groups in total. The molecule has 2 aromatic heterocycles. The summed E-state index contributed by atoms with van der Waals surface area (Å²) in [6.07, 6.45) is 0. The van der Waals surface area contributed by atoms with Crippen LogP contribution in [0.15, 0.2) is 0 Å². The van der Waals surface area contributed by atoms with Crippen molar-refractivity contribution >= 4 is 23.8 Å². The van der Waals surface area contributed by atoms with Crippen molar-refractivity contribution in [2.24, 2.45) is 0 Å². The van der Waals surface area contributed by atoms with Gasteiger partial charge in [-0.2, -0.15) is 29.9 Å². The molecule has 1 saturated heterocycles. The zero-order valence-corrected chi connectivity index (χ0v) is 22.6. The van der Waals surface area contributed by atoms with Gasteiger partial charge >= 0.3 is 0 Å². The summed E-state index contributed by atoms with van der Waals surface area (Å²) in [5, 5.41) is 0. The van der Waals surface area contributed by atoms with Gasteiger partial charge in [0.05, 0.1) is 13.3 Å². The summed E-state index contributed by atoms with van der Waals surface area (Å²) in [6, 6.07) is 0. The molecule has 0 aromatic carbocycles. The Morgan fingerprint density at radius 3 is 1.12 bits per heavy atom. The molecule has 0 radical (unpaired) electrons. The minimum Gasteiger partial charge on any atom is -0.347 e. The van der Waals surface area contributed by atoms with E-state index in [0.717, 1.165) is 51.2 Å². The molecule has 1 aliphatic heterocycles. The van der Waals surface area contributed by atoms with Gasteiger partial charge in [0, 0.05) is 68.5 Å². The number of aromatic nitrogens is 6. The van der Waals surface area contributed by atoms with E-state index in [1.54, 1.807) is 0 Å². The Kier molecular flexibility index (Phi) is 10.1. The second-order valence-corrected chi connectivity index (χ2v) is 8.67. The van der Waals surface area contributed by atoms with Gasteiger partial charge in [0.1, 0.15) is 11.6 Å². The van der Waals surface area contributed by atoms with Crippen molar-refractivity contribution in [3.63, 3.8) is 0 Å². The van der Waals surface area contributed by atoms with Crippen molar-refractivity contribution in [3.8, 4) is 0 Å². The number of hydrogen-bond donors (Lipinski definition) is 0. The third-order valence-electron chi connectivity index (χ3n) is 5.22. The van der Waals surface area contributed by atoms with Gasteiger partial charge in [0.25, 0.3) is 0 Å². The zero-order valence-electron chi connectivity index (χ0n) is 22.6. The maximum atomic E-state index is 4.58. The van der Waals surface area contributed by atoms with E-state index in [1.807, 2.05) is 79.8 Å². The topological polar surface area (TPSA) is 96.8 Å². The predicted molar refractivity (Wildman–Crippen MR) is 139 cm³/mol. The molecule has 0 bridgehead atoms. The number of anilines is 4. The van der Waals surface area contributed by atoms with Crippen LogP contribution in [0.4, 0.5) is 23.8 Å². The van der Waals surface area contributed by atoms with E-state index >= 15 is 0 Å². The second-order valence-electron chi connectivity index (χ2n) is 8.67. The number of aryl methyl sites for hydroxylation is 2. The van der Waals surface area contributed by atoms with Crippen LogP contribution in [0.5, 0.6) is 0 Å². The Morgan fingerprint density at radius 2 is 0.824 bits per heavy atom. The smallest absolute Gasteiger partial charge is 0.231 e. The lowest BCUT2D eigenvalue weighted by molar-refractivity contribution is 0.134. The van der Waals surface area contributed by atoms with E-state index < -0.39 is 0 Å². The van der Waals surface area contributed by atoms with Crippen molar-refractivity contribution in [1.29, 1.82) is 0 Å². The Balaban J connectivity index is 0.00000199. The lowest BCUT2D eigenvalue weighted by Crippen LogP contribution is -2.52. The largest absolute Gasteiger partial charge is 0.347 e. The Bertz CT molecular complexity index is 822. The molecule has 0 spiro atoms. The number of hydrogen-bond acceptors (Lipinski definition) is 12. The molecular formula is C22H42N12.